The van der Waals surface area contributed by atoms with Gasteiger partial charge in [0.1, 0.15) is 11.1 Å². The molecule has 0 aliphatic heterocycles. The molecule has 7 nitrogen and oxygen atoms in total. The minimum Gasteiger partial charge on any atom is -0.375 e. The highest BCUT2D eigenvalue weighted by Crippen LogP contribution is 2.21. The average molecular weight is 493 g/mol. The zero-order valence-corrected chi connectivity index (χ0v) is 19.3. The van der Waals surface area contributed by atoms with Gasteiger partial charge in [-0.05, 0) is 12.8 Å². The molecule has 146 valence electrons. The number of hydrogen-bond acceptors (Lipinski definition) is 6. The lowest BCUT2D eigenvalue weighted by Gasteiger charge is -2.20. The molecule has 2 aromatic rings. The van der Waals surface area contributed by atoms with Gasteiger partial charge in [0, 0.05) is 32.7 Å². The summed E-state index contributed by atoms with van der Waals surface area (Å²) in [6, 6.07) is 1.98. The quantitative estimate of drug-likeness (QED) is 0.360. The Kier molecular flexibility index (Phi) is 9.51. The second-order valence-corrected chi connectivity index (χ2v) is 7.07. The maximum Gasteiger partial charge on any atom is 0.194 e. The van der Waals surface area contributed by atoms with Crippen molar-refractivity contribution in [2.24, 2.45) is 4.99 Å². The van der Waals surface area contributed by atoms with Gasteiger partial charge >= 0.3 is 0 Å². The van der Waals surface area contributed by atoms with Crippen molar-refractivity contribution in [3.8, 4) is 0 Å². The van der Waals surface area contributed by atoms with Crippen LogP contribution in [0.3, 0.4) is 0 Å². The number of ether oxygens (including phenoxy) is 1. The third kappa shape index (κ3) is 6.20. The van der Waals surface area contributed by atoms with Crippen LogP contribution in [0.2, 0.25) is 0 Å². The molecule has 26 heavy (non-hydrogen) atoms. The van der Waals surface area contributed by atoms with E-state index in [9.17, 15) is 0 Å². The minimum absolute atomic E-state index is 0. The Morgan fingerprint density at radius 1 is 1.42 bits per heavy atom. The Bertz CT molecular complexity index is 701. The van der Waals surface area contributed by atoms with Crippen LogP contribution in [-0.4, -0.2) is 42.2 Å². The standard InChI is InChI=1S/C17H27N5O2S.HI/c1-11(2)15-7-14(24-21-15)8-19-17(18-4)22(5)9-13-10-25-16(20-13)12(3)23-6;/h7,10-12H,8-9H2,1-6H3,(H,18,19);1H. The van der Waals surface area contributed by atoms with E-state index < -0.39 is 0 Å². The molecule has 1 atom stereocenters. The Morgan fingerprint density at radius 2 is 2.15 bits per heavy atom. The number of methoxy groups -OCH3 is 1. The number of aromatic nitrogens is 2. The maximum absolute atomic E-state index is 5.35. The fraction of sp³-hybridized carbons (Fsp3) is 0.588. The molecule has 0 aliphatic carbocycles. The molecule has 2 aromatic heterocycles. The number of thiazole rings is 1. The summed E-state index contributed by atoms with van der Waals surface area (Å²) in [5.41, 5.74) is 1.96. The van der Waals surface area contributed by atoms with Crippen molar-refractivity contribution >= 4 is 41.3 Å². The number of guanidine groups is 1. The predicted molar refractivity (Wildman–Crippen MR) is 115 cm³/mol. The van der Waals surface area contributed by atoms with Gasteiger partial charge in [-0.2, -0.15) is 0 Å². The molecule has 0 aliphatic rings. The number of nitrogens with one attached hydrogen (secondary N) is 1. The highest BCUT2D eigenvalue weighted by atomic mass is 127. The first-order valence-corrected chi connectivity index (χ1v) is 9.16. The fourth-order valence-electron chi connectivity index (χ4n) is 2.24. The van der Waals surface area contributed by atoms with Crippen molar-refractivity contribution in [2.45, 2.75) is 45.9 Å². The van der Waals surface area contributed by atoms with E-state index >= 15 is 0 Å². The van der Waals surface area contributed by atoms with E-state index in [2.05, 4.69) is 39.7 Å². The van der Waals surface area contributed by atoms with Gasteiger partial charge in [0.15, 0.2) is 11.7 Å². The highest BCUT2D eigenvalue weighted by Gasteiger charge is 2.13. The fourth-order valence-corrected chi connectivity index (χ4v) is 3.08. The topological polar surface area (TPSA) is 75.8 Å². The van der Waals surface area contributed by atoms with Crippen molar-refractivity contribution < 1.29 is 9.26 Å². The van der Waals surface area contributed by atoms with Gasteiger partial charge in [0.05, 0.1) is 24.5 Å². The molecule has 0 radical (unpaired) electrons. The van der Waals surface area contributed by atoms with Crippen LogP contribution in [0, 0.1) is 0 Å². The Balaban J connectivity index is 0.00000338. The third-order valence-electron chi connectivity index (χ3n) is 3.83. The first-order chi connectivity index (χ1) is 11.9. The van der Waals surface area contributed by atoms with Crippen LogP contribution in [0.4, 0.5) is 0 Å². The van der Waals surface area contributed by atoms with Gasteiger partial charge in [-0.1, -0.05) is 19.0 Å². The molecular weight excluding hydrogens is 465 g/mol. The smallest absolute Gasteiger partial charge is 0.194 e. The number of nitrogens with zero attached hydrogens (tertiary/aromatic N) is 4. The minimum atomic E-state index is 0. The molecular formula is C17H28IN5O2S. The number of hydrogen-bond donors (Lipinski definition) is 1. The van der Waals surface area contributed by atoms with E-state index in [1.54, 1.807) is 25.5 Å². The van der Waals surface area contributed by atoms with Crippen molar-refractivity contribution in [2.75, 3.05) is 21.2 Å². The third-order valence-corrected chi connectivity index (χ3v) is 4.89. The van der Waals surface area contributed by atoms with E-state index in [1.165, 1.54) is 0 Å². The zero-order valence-electron chi connectivity index (χ0n) is 16.1. The lowest BCUT2D eigenvalue weighted by atomic mass is 10.1. The lowest BCUT2D eigenvalue weighted by molar-refractivity contribution is 0.119. The SMILES string of the molecule is CN=C(NCc1cc(C(C)C)no1)N(C)Cc1csc(C(C)OC)n1.I. The van der Waals surface area contributed by atoms with Crippen molar-refractivity contribution in [1.29, 1.82) is 0 Å². The Morgan fingerprint density at radius 3 is 2.73 bits per heavy atom. The van der Waals surface area contributed by atoms with Crippen LogP contribution >= 0.6 is 35.3 Å². The van der Waals surface area contributed by atoms with Gasteiger partial charge in [-0.3, -0.25) is 4.99 Å². The van der Waals surface area contributed by atoms with Crippen LogP contribution in [0.5, 0.6) is 0 Å². The van der Waals surface area contributed by atoms with Gasteiger partial charge in [0.25, 0.3) is 0 Å². The molecule has 2 heterocycles. The monoisotopic (exact) mass is 493 g/mol. The molecule has 2 rings (SSSR count). The van der Waals surface area contributed by atoms with Gasteiger partial charge < -0.3 is 19.5 Å². The molecule has 1 N–H and O–H groups in total. The molecule has 0 aromatic carbocycles. The van der Waals surface area contributed by atoms with Crippen LogP contribution in [0.25, 0.3) is 0 Å². The van der Waals surface area contributed by atoms with Crippen molar-refractivity contribution in [3.05, 3.63) is 33.6 Å². The molecule has 9 heteroatoms. The lowest BCUT2D eigenvalue weighted by Crippen LogP contribution is -2.38. The van der Waals surface area contributed by atoms with E-state index in [-0.39, 0.29) is 30.1 Å². The van der Waals surface area contributed by atoms with E-state index in [0.717, 1.165) is 28.1 Å². The highest BCUT2D eigenvalue weighted by molar-refractivity contribution is 14.0. The molecule has 0 amide bonds. The Hall–Kier alpha value is -1.20. The molecule has 0 spiro atoms. The summed E-state index contributed by atoms with van der Waals surface area (Å²) < 4.78 is 10.7. The van der Waals surface area contributed by atoms with Gasteiger partial charge in [0.2, 0.25) is 0 Å². The van der Waals surface area contributed by atoms with E-state index in [4.69, 9.17) is 9.26 Å². The van der Waals surface area contributed by atoms with E-state index in [0.29, 0.717) is 19.0 Å². The summed E-state index contributed by atoms with van der Waals surface area (Å²) >= 11 is 1.61. The first kappa shape index (κ1) is 22.8. The van der Waals surface area contributed by atoms with Gasteiger partial charge in [-0.25, -0.2) is 4.98 Å². The number of rotatable bonds is 7. The Labute approximate surface area is 176 Å². The van der Waals surface area contributed by atoms with Crippen molar-refractivity contribution in [3.63, 3.8) is 0 Å². The predicted octanol–water partition coefficient (Wildman–Crippen LogP) is 3.79. The normalized spacial score (nSPS) is 12.8. The van der Waals surface area contributed by atoms with Crippen LogP contribution < -0.4 is 5.32 Å². The summed E-state index contributed by atoms with van der Waals surface area (Å²) in [4.78, 5) is 11.0. The number of aliphatic imine (C=N–C) groups is 1. The average Bonchev–Trinajstić information content (AvgIpc) is 3.24. The van der Waals surface area contributed by atoms with Gasteiger partial charge in [-0.15, -0.1) is 35.3 Å². The summed E-state index contributed by atoms with van der Waals surface area (Å²) in [6.07, 6.45) is 0.0168. The zero-order chi connectivity index (χ0) is 18.4. The molecule has 0 bridgehead atoms. The maximum atomic E-state index is 5.35. The summed E-state index contributed by atoms with van der Waals surface area (Å²) in [5.74, 6) is 1.92. The molecule has 1 unspecified atom stereocenters. The second-order valence-electron chi connectivity index (χ2n) is 6.18. The summed E-state index contributed by atoms with van der Waals surface area (Å²) in [6.45, 7) is 7.39. The summed E-state index contributed by atoms with van der Waals surface area (Å²) in [7, 11) is 5.43. The molecule has 0 saturated carbocycles. The van der Waals surface area contributed by atoms with Crippen LogP contribution in [0.1, 0.15) is 54.9 Å². The van der Waals surface area contributed by atoms with Crippen molar-refractivity contribution in [1.82, 2.24) is 20.4 Å². The largest absolute Gasteiger partial charge is 0.375 e. The van der Waals surface area contributed by atoms with E-state index in [1.807, 2.05) is 24.9 Å². The van der Waals surface area contributed by atoms with Crippen LogP contribution in [-0.2, 0) is 17.8 Å². The first-order valence-electron chi connectivity index (χ1n) is 8.29. The van der Waals surface area contributed by atoms with Crippen LogP contribution in [0.15, 0.2) is 21.0 Å². The number of halogens is 1. The molecule has 0 saturated heterocycles. The second kappa shape index (κ2) is 10.8. The molecule has 0 fully saturated rings. The summed E-state index contributed by atoms with van der Waals surface area (Å²) in [5, 5.41) is 10.4.